The normalized spacial score (nSPS) is 24.8. The fourth-order valence-electron chi connectivity index (χ4n) is 4.28. The summed E-state index contributed by atoms with van der Waals surface area (Å²) in [5.41, 5.74) is 0.641. The lowest BCUT2D eigenvalue weighted by Crippen LogP contribution is -2.39. The van der Waals surface area contributed by atoms with Gasteiger partial charge >= 0.3 is 6.18 Å². The highest BCUT2D eigenvalue weighted by atomic mass is 32.1. The van der Waals surface area contributed by atoms with E-state index in [1.165, 1.54) is 11.3 Å². The summed E-state index contributed by atoms with van der Waals surface area (Å²) >= 11 is 1.46. The molecule has 3 atom stereocenters. The fraction of sp³-hybridized carbons (Fsp3) is 0.600. The first kappa shape index (κ1) is 20.3. The van der Waals surface area contributed by atoms with Gasteiger partial charge in [-0.15, -0.1) is 11.3 Å². The molecule has 0 saturated carbocycles. The van der Waals surface area contributed by atoms with E-state index in [-0.39, 0.29) is 24.3 Å². The van der Waals surface area contributed by atoms with Gasteiger partial charge < -0.3 is 10.2 Å². The molecular weight excluding hydrogens is 401 g/mol. The Hall–Kier alpha value is -2.03. The number of likely N-dealkylation sites (tertiary alicyclic amines) is 1. The molecule has 29 heavy (non-hydrogen) atoms. The van der Waals surface area contributed by atoms with Gasteiger partial charge in [0.05, 0.1) is 11.7 Å². The summed E-state index contributed by atoms with van der Waals surface area (Å²) < 4.78 is 42.5. The molecule has 1 N–H and O–H groups in total. The van der Waals surface area contributed by atoms with E-state index in [0.29, 0.717) is 31.0 Å². The van der Waals surface area contributed by atoms with Crippen molar-refractivity contribution in [2.75, 3.05) is 18.4 Å². The zero-order valence-electron chi connectivity index (χ0n) is 16.3. The Bertz CT molecular complexity index is 849. The van der Waals surface area contributed by atoms with Gasteiger partial charge in [0, 0.05) is 42.8 Å². The van der Waals surface area contributed by atoms with E-state index in [9.17, 15) is 18.0 Å². The van der Waals surface area contributed by atoms with Crippen LogP contribution in [-0.2, 0) is 4.79 Å². The number of halogens is 3. The van der Waals surface area contributed by atoms with Crippen LogP contribution < -0.4 is 5.32 Å². The number of aromatic nitrogens is 2. The minimum absolute atomic E-state index is 0.0291. The molecule has 0 radical (unpaired) electrons. The highest BCUT2D eigenvalue weighted by Gasteiger charge is 2.47. The third-order valence-electron chi connectivity index (χ3n) is 5.75. The summed E-state index contributed by atoms with van der Waals surface area (Å²) in [4.78, 5) is 15.0. The maximum absolute atomic E-state index is 13.8. The van der Waals surface area contributed by atoms with E-state index in [1.807, 2.05) is 29.3 Å². The van der Waals surface area contributed by atoms with Gasteiger partial charge in [-0.25, -0.2) is 4.68 Å². The lowest BCUT2D eigenvalue weighted by Gasteiger charge is -2.33. The van der Waals surface area contributed by atoms with Crippen LogP contribution in [0.2, 0.25) is 0 Å². The molecular formula is C20H25F3N4OS. The van der Waals surface area contributed by atoms with Crippen LogP contribution in [0.15, 0.2) is 23.6 Å². The number of piperidine rings is 1. The molecule has 2 aliphatic rings. The quantitative estimate of drug-likeness (QED) is 0.739. The van der Waals surface area contributed by atoms with Crippen LogP contribution in [-0.4, -0.2) is 39.9 Å². The number of alkyl halides is 3. The summed E-state index contributed by atoms with van der Waals surface area (Å²) in [6, 6.07) is 3.43. The van der Waals surface area contributed by atoms with Crippen LogP contribution in [0.4, 0.5) is 19.0 Å². The molecule has 4 heterocycles. The van der Waals surface area contributed by atoms with Crippen molar-refractivity contribution in [1.82, 2.24) is 14.7 Å². The summed E-state index contributed by atoms with van der Waals surface area (Å²) in [5, 5.41) is 9.50. The van der Waals surface area contributed by atoms with E-state index in [4.69, 9.17) is 0 Å². The van der Waals surface area contributed by atoms with E-state index >= 15 is 0 Å². The molecule has 0 bridgehead atoms. The minimum Gasteiger partial charge on any atom is -0.363 e. The summed E-state index contributed by atoms with van der Waals surface area (Å²) in [6.45, 7) is 3.21. The number of carbonyl (C=O) groups excluding carboxylic acids is 1. The number of hydrogen-bond donors (Lipinski definition) is 1. The molecule has 1 saturated heterocycles. The zero-order chi connectivity index (χ0) is 20.6. The number of hydrogen-bond acceptors (Lipinski definition) is 4. The van der Waals surface area contributed by atoms with Crippen molar-refractivity contribution in [2.45, 2.75) is 63.2 Å². The first-order valence-corrected chi connectivity index (χ1v) is 11.0. The van der Waals surface area contributed by atoms with Crippen molar-refractivity contribution in [1.29, 1.82) is 0 Å². The molecule has 4 rings (SSSR count). The zero-order valence-corrected chi connectivity index (χ0v) is 17.1. The van der Waals surface area contributed by atoms with Crippen LogP contribution in [0.1, 0.15) is 67.6 Å². The van der Waals surface area contributed by atoms with Crippen LogP contribution >= 0.6 is 11.3 Å². The predicted octanol–water partition coefficient (Wildman–Crippen LogP) is 5.11. The van der Waals surface area contributed by atoms with Crippen molar-refractivity contribution in [3.63, 3.8) is 0 Å². The van der Waals surface area contributed by atoms with Crippen molar-refractivity contribution >= 4 is 23.1 Å². The highest BCUT2D eigenvalue weighted by molar-refractivity contribution is 7.10. The van der Waals surface area contributed by atoms with Gasteiger partial charge in [-0.3, -0.25) is 4.79 Å². The number of anilines is 1. The number of fused-ring (bicyclic) bond motifs is 1. The van der Waals surface area contributed by atoms with Crippen LogP contribution in [0, 0.1) is 0 Å². The topological polar surface area (TPSA) is 50.2 Å². The van der Waals surface area contributed by atoms with Gasteiger partial charge in [0.1, 0.15) is 5.82 Å². The van der Waals surface area contributed by atoms with Gasteiger partial charge in [0.15, 0.2) is 6.04 Å². The molecule has 1 unspecified atom stereocenters. The molecule has 9 heteroatoms. The first-order valence-electron chi connectivity index (χ1n) is 10.1. The monoisotopic (exact) mass is 426 g/mol. The lowest BCUT2D eigenvalue weighted by atomic mass is 9.94. The van der Waals surface area contributed by atoms with Gasteiger partial charge in [0.25, 0.3) is 0 Å². The van der Waals surface area contributed by atoms with E-state index < -0.39 is 12.2 Å². The fourth-order valence-corrected chi connectivity index (χ4v) is 5.08. The summed E-state index contributed by atoms with van der Waals surface area (Å²) in [5.74, 6) is 0.493. The Balaban J connectivity index is 1.60. The minimum atomic E-state index is -4.37. The molecule has 2 aromatic rings. The van der Waals surface area contributed by atoms with Gasteiger partial charge in [0.2, 0.25) is 5.91 Å². The highest BCUT2D eigenvalue weighted by Crippen LogP contribution is 2.45. The third-order valence-corrected chi connectivity index (χ3v) is 6.74. The standard InChI is InChI=1S/C20H25F3N4OS/c1-2-5-19(28)26-8-3-6-13(12-26)14-11-18-24-15(16-7-4-9-29-16)10-17(20(21,22)23)27(18)25-14/h4,7,9,11,13,15,17,24H,2-3,5-6,8,10,12H2,1H3/t13?,15-,17+/m0/s1. The Kier molecular flexibility index (Phi) is 5.59. The second-order valence-electron chi connectivity index (χ2n) is 7.83. The maximum atomic E-state index is 13.8. The Labute approximate surface area is 171 Å². The Morgan fingerprint density at radius 2 is 2.24 bits per heavy atom. The number of carbonyl (C=O) groups is 1. The average molecular weight is 427 g/mol. The molecule has 0 aromatic carbocycles. The van der Waals surface area contributed by atoms with Gasteiger partial charge in [-0.1, -0.05) is 13.0 Å². The van der Waals surface area contributed by atoms with Crippen molar-refractivity contribution in [3.05, 3.63) is 34.2 Å². The lowest BCUT2D eigenvalue weighted by molar-refractivity contribution is -0.173. The predicted molar refractivity (Wildman–Crippen MR) is 106 cm³/mol. The molecule has 2 aromatic heterocycles. The largest absolute Gasteiger partial charge is 0.410 e. The summed E-state index contributed by atoms with van der Waals surface area (Å²) in [7, 11) is 0. The number of thiophene rings is 1. The van der Waals surface area contributed by atoms with Crippen molar-refractivity contribution in [2.24, 2.45) is 0 Å². The van der Waals surface area contributed by atoms with Gasteiger partial charge in [-0.05, 0) is 30.7 Å². The second kappa shape index (κ2) is 8.01. The smallest absolute Gasteiger partial charge is 0.363 e. The Morgan fingerprint density at radius 3 is 2.93 bits per heavy atom. The number of amides is 1. The second-order valence-corrected chi connectivity index (χ2v) is 8.81. The van der Waals surface area contributed by atoms with Crippen molar-refractivity contribution < 1.29 is 18.0 Å². The number of nitrogens with zero attached hydrogens (tertiary/aromatic N) is 3. The van der Waals surface area contributed by atoms with Crippen LogP contribution in [0.5, 0.6) is 0 Å². The van der Waals surface area contributed by atoms with Crippen LogP contribution in [0.25, 0.3) is 0 Å². The molecule has 1 amide bonds. The Morgan fingerprint density at radius 1 is 1.41 bits per heavy atom. The average Bonchev–Trinajstić information content (AvgIpc) is 3.36. The summed E-state index contributed by atoms with van der Waals surface area (Å²) in [6.07, 6.45) is -1.48. The maximum Gasteiger partial charge on any atom is 0.410 e. The van der Waals surface area contributed by atoms with Crippen LogP contribution in [0.3, 0.4) is 0 Å². The number of nitrogens with one attached hydrogen (secondary N) is 1. The SMILES string of the molecule is CCCC(=O)N1CCCC(c2cc3n(n2)[C@@H](C(F)(F)F)C[C@@H](c2cccs2)N3)C1. The molecule has 158 valence electrons. The van der Waals surface area contributed by atoms with Crippen molar-refractivity contribution in [3.8, 4) is 0 Å². The first-order chi connectivity index (χ1) is 13.9. The van der Waals surface area contributed by atoms with E-state index in [0.717, 1.165) is 28.8 Å². The number of rotatable bonds is 4. The molecule has 1 fully saturated rings. The molecule has 0 spiro atoms. The molecule has 0 aliphatic carbocycles. The van der Waals surface area contributed by atoms with E-state index in [2.05, 4.69) is 10.4 Å². The van der Waals surface area contributed by atoms with Gasteiger partial charge in [-0.2, -0.15) is 18.3 Å². The molecule has 5 nitrogen and oxygen atoms in total. The third kappa shape index (κ3) is 4.15. The van der Waals surface area contributed by atoms with E-state index in [1.54, 1.807) is 6.07 Å². The molecule has 2 aliphatic heterocycles.